The highest BCUT2D eigenvalue weighted by atomic mass is 32.2. The molecule has 0 heterocycles. The number of hydrazone groups is 1. The van der Waals surface area contributed by atoms with E-state index >= 15 is 0 Å². The fourth-order valence-corrected chi connectivity index (χ4v) is 0.529. The van der Waals surface area contributed by atoms with Crippen molar-refractivity contribution in [2.24, 2.45) is 10.9 Å². The average molecular weight is 149 g/mol. The van der Waals surface area contributed by atoms with Gasteiger partial charge in [-0.15, -0.1) is 11.8 Å². The molecule has 0 aromatic carbocycles. The molecule has 0 spiro atoms. The van der Waals surface area contributed by atoms with E-state index in [1.54, 1.807) is 0 Å². The second kappa shape index (κ2) is 5.39. The van der Waals surface area contributed by atoms with E-state index in [2.05, 4.69) is 5.10 Å². The summed E-state index contributed by atoms with van der Waals surface area (Å²) >= 11 is 1.05. The Morgan fingerprint density at radius 3 is 3.11 bits per heavy atom. The maximum absolute atomic E-state index is 9.83. The number of carbonyl (C=O) groups is 1. The monoisotopic (exact) mass is 149 g/mol. The topological polar surface area (TPSA) is 87.7 Å². The Bertz CT molecular complexity index is 116. The summed E-state index contributed by atoms with van der Waals surface area (Å²) in [5.41, 5.74) is 3.32. The Morgan fingerprint density at radius 2 is 2.67 bits per heavy atom. The van der Waals surface area contributed by atoms with Crippen molar-refractivity contribution >= 4 is 23.3 Å². The van der Waals surface area contributed by atoms with Gasteiger partial charge in [-0.1, -0.05) is 0 Å². The van der Waals surface area contributed by atoms with Crippen LogP contribution < -0.4 is 11.4 Å². The third-order valence-electron chi connectivity index (χ3n) is 0.409. The summed E-state index contributed by atoms with van der Waals surface area (Å²) < 4.78 is 0. The van der Waals surface area contributed by atoms with Crippen molar-refractivity contribution in [1.82, 2.24) is 5.53 Å². The zero-order valence-corrected chi connectivity index (χ0v) is 5.39. The molecule has 5 nitrogen and oxygen atoms in total. The van der Waals surface area contributed by atoms with E-state index in [-0.39, 0.29) is 5.75 Å². The lowest BCUT2D eigenvalue weighted by Crippen LogP contribution is -2.13. The van der Waals surface area contributed by atoms with Crippen molar-refractivity contribution in [3.63, 3.8) is 0 Å². The summed E-state index contributed by atoms with van der Waals surface area (Å²) in [4.78, 5) is 9.83. The molecular formula is C3H7N3O2S. The van der Waals surface area contributed by atoms with Crippen molar-refractivity contribution in [1.29, 1.82) is 0 Å². The Kier molecular flexibility index (Phi) is 4.94. The number of nitrogens with one attached hydrogen (secondary N) is 1. The molecule has 0 amide bonds. The number of carboxylic acid groups (broad SMARTS) is 1. The number of hydrogen-bond acceptors (Lipinski definition) is 5. The molecule has 0 aliphatic heterocycles. The summed E-state index contributed by atoms with van der Waals surface area (Å²) in [5.74, 6) is 3.87. The van der Waals surface area contributed by atoms with Crippen LogP contribution in [0, 0.1) is 0 Å². The lowest BCUT2D eigenvalue weighted by Gasteiger charge is -1.86. The third-order valence-corrected chi connectivity index (χ3v) is 1.08. The zero-order chi connectivity index (χ0) is 7.11. The van der Waals surface area contributed by atoms with E-state index in [9.17, 15) is 4.79 Å². The molecule has 9 heavy (non-hydrogen) atoms. The second-order valence-electron chi connectivity index (χ2n) is 1.07. The maximum atomic E-state index is 9.83. The molecule has 0 saturated carbocycles. The van der Waals surface area contributed by atoms with Crippen molar-refractivity contribution in [2.45, 2.75) is 0 Å². The van der Waals surface area contributed by atoms with Crippen LogP contribution in [-0.2, 0) is 4.79 Å². The minimum atomic E-state index is -0.872. The molecular weight excluding hydrogens is 142 g/mol. The van der Waals surface area contributed by atoms with Gasteiger partial charge in [-0.05, 0) is 0 Å². The van der Waals surface area contributed by atoms with Crippen LogP contribution in [0.3, 0.4) is 0 Å². The first-order chi connectivity index (χ1) is 4.27. The molecule has 0 saturated heterocycles. The van der Waals surface area contributed by atoms with Crippen LogP contribution in [-0.4, -0.2) is 22.4 Å². The van der Waals surface area contributed by atoms with Crippen molar-refractivity contribution in [2.75, 3.05) is 5.75 Å². The molecule has 0 unspecified atom stereocenters. The van der Waals surface area contributed by atoms with E-state index in [1.165, 1.54) is 5.55 Å². The molecule has 6 heteroatoms. The smallest absolute Gasteiger partial charge is 0.313 e. The predicted octanol–water partition coefficient (Wildman–Crippen LogP) is -0.789. The molecule has 4 N–H and O–H groups in total. The van der Waals surface area contributed by atoms with E-state index in [4.69, 9.17) is 10.9 Å². The summed E-state index contributed by atoms with van der Waals surface area (Å²) in [6.07, 6.45) is 0. The highest BCUT2D eigenvalue weighted by Gasteiger charge is 1.91. The highest BCUT2D eigenvalue weighted by Crippen LogP contribution is 1.91. The molecule has 0 atom stereocenters. The standard InChI is InChI=1S/C3H7N3O2S/c4-6-5-2-9-1-3(7)8/h2,6H,1,4H2,(H,7,8)/b5-2+. The van der Waals surface area contributed by atoms with Crippen LogP contribution in [0.2, 0.25) is 0 Å². The minimum absolute atomic E-state index is 0.00514. The van der Waals surface area contributed by atoms with Crippen LogP contribution in [0.5, 0.6) is 0 Å². The second-order valence-corrected chi connectivity index (χ2v) is 1.90. The van der Waals surface area contributed by atoms with Crippen LogP contribution >= 0.6 is 11.8 Å². The van der Waals surface area contributed by atoms with Gasteiger partial charge in [-0.2, -0.15) is 5.10 Å². The molecule has 0 aromatic heterocycles. The van der Waals surface area contributed by atoms with Crippen LogP contribution in [0.4, 0.5) is 0 Å². The fraction of sp³-hybridized carbons (Fsp3) is 0.333. The number of hydrogen-bond donors (Lipinski definition) is 3. The van der Waals surface area contributed by atoms with E-state index in [0.29, 0.717) is 0 Å². The van der Waals surface area contributed by atoms with Gasteiger partial charge >= 0.3 is 5.97 Å². The van der Waals surface area contributed by atoms with Crippen LogP contribution in [0.15, 0.2) is 5.10 Å². The summed E-state index contributed by atoms with van der Waals surface area (Å²) in [6, 6.07) is 0. The zero-order valence-electron chi connectivity index (χ0n) is 4.57. The molecule has 52 valence electrons. The molecule has 0 rings (SSSR count). The lowest BCUT2D eigenvalue weighted by atomic mass is 10.8. The van der Waals surface area contributed by atoms with Crippen LogP contribution in [0.1, 0.15) is 0 Å². The van der Waals surface area contributed by atoms with Gasteiger partial charge in [-0.25, -0.2) is 11.4 Å². The quantitative estimate of drug-likeness (QED) is 0.211. The Hall–Kier alpha value is -0.750. The van der Waals surface area contributed by atoms with Gasteiger partial charge in [0.1, 0.15) is 0 Å². The Labute approximate surface area is 56.3 Å². The number of carboxylic acids is 1. The Morgan fingerprint density at radius 1 is 2.00 bits per heavy atom. The van der Waals surface area contributed by atoms with Gasteiger partial charge in [0, 0.05) is 0 Å². The average Bonchev–Trinajstić information content (AvgIpc) is 1.80. The fourth-order valence-electron chi connectivity index (χ4n) is 0.176. The summed E-state index contributed by atoms with van der Waals surface area (Å²) in [5, 5.41) is 11.4. The normalized spacial score (nSPS) is 9.89. The van der Waals surface area contributed by atoms with E-state index in [1.807, 2.05) is 5.53 Å². The summed E-state index contributed by atoms with van der Waals surface area (Å²) in [6.45, 7) is 0. The van der Waals surface area contributed by atoms with E-state index < -0.39 is 5.97 Å². The Balaban J connectivity index is 3.09. The number of hydrazine groups is 1. The van der Waals surface area contributed by atoms with Crippen LogP contribution in [0.25, 0.3) is 0 Å². The largest absolute Gasteiger partial charge is 0.481 e. The van der Waals surface area contributed by atoms with Crippen molar-refractivity contribution in [3.8, 4) is 0 Å². The van der Waals surface area contributed by atoms with Gasteiger partial charge in [0.05, 0.1) is 11.3 Å². The number of thioether (sulfide) groups is 1. The predicted molar refractivity (Wildman–Crippen MR) is 35.9 cm³/mol. The first-order valence-corrected chi connectivity index (χ1v) is 3.12. The van der Waals surface area contributed by atoms with Crippen molar-refractivity contribution in [3.05, 3.63) is 0 Å². The van der Waals surface area contributed by atoms with Gasteiger partial charge in [-0.3, -0.25) is 4.79 Å². The first-order valence-electron chi connectivity index (χ1n) is 2.08. The molecule has 0 radical (unpaired) electrons. The molecule has 0 aromatic rings. The number of aliphatic carboxylic acids is 1. The first kappa shape index (κ1) is 8.25. The van der Waals surface area contributed by atoms with Gasteiger partial charge < -0.3 is 5.11 Å². The molecule has 0 aliphatic carbocycles. The minimum Gasteiger partial charge on any atom is -0.481 e. The SMILES string of the molecule is NN/N=C/SCC(=O)O. The van der Waals surface area contributed by atoms with Crippen molar-refractivity contribution < 1.29 is 9.90 Å². The van der Waals surface area contributed by atoms with Gasteiger partial charge in [0.25, 0.3) is 0 Å². The highest BCUT2D eigenvalue weighted by molar-refractivity contribution is 8.12. The third kappa shape index (κ3) is 7.25. The maximum Gasteiger partial charge on any atom is 0.313 e. The number of nitrogens with zero attached hydrogens (tertiary/aromatic N) is 1. The van der Waals surface area contributed by atoms with Gasteiger partial charge in [0.2, 0.25) is 0 Å². The number of nitrogens with two attached hydrogens (primary N) is 1. The molecule has 0 fully saturated rings. The number of rotatable bonds is 4. The van der Waals surface area contributed by atoms with Gasteiger partial charge in [0.15, 0.2) is 0 Å². The molecule has 0 bridgehead atoms. The molecule has 0 aliphatic rings. The summed E-state index contributed by atoms with van der Waals surface area (Å²) in [7, 11) is 0. The lowest BCUT2D eigenvalue weighted by molar-refractivity contribution is -0.133. The van der Waals surface area contributed by atoms with E-state index in [0.717, 1.165) is 11.8 Å².